The lowest BCUT2D eigenvalue weighted by Crippen LogP contribution is -2.16. The fourth-order valence-corrected chi connectivity index (χ4v) is 2.35. The van der Waals surface area contributed by atoms with Gasteiger partial charge < -0.3 is 10.5 Å². The maximum atomic E-state index is 6.27. The van der Waals surface area contributed by atoms with E-state index in [-0.39, 0.29) is 6.04 Å². The van der Waals surface area contributed by atoms with Gasteiger partial charge in [0.25, 0.3) is 0 Å². The Bertz CT molecular complexity index is 548. The van der Waals surface area contributed by atoms with Crippen LogP contribution in [0.25, 0.3) is 0 Å². The van der Waals surface area contributed by atoms with E-state index in [1.807, 2.05) is 7.05 Å². The zero-order chi connectivity index (χ0) is 13.8. The van der Waals surface area contributed by atoms with Gasteiger partial charge >= 0.3 is 0 Å². The summed E-state index contributed by atoms with van der Waals surface area (Å²) in [5, 5.41) is 4.19. The first-order valence-electron chi connectivity index (χ1n) is 6.49. The van der Waals surface area contributed by atoms with Gasteiger partial charge in [0, 0.05) is 7.05 Å². The predicted octanol–water partition coefficient (Wildman–Crippen LogP) is 2.37. The van der Waals surface area contributed by atoms with E-state index in [4.69, 9.17) is 10.5 Å². The zero-order valence-electron chi connectivity index (χ0n) is 11.8. The molecule has 0 spiro atoms. The van der Waals surface area contributed by atoms with Crippen LogP contribution in [-0.4, -0.2) is 16.9 Å². The molecule has 0 aliphatic heterocycles. The largest absolute Gasteiger partial charge is 0.493 e. The predicted molar refractivity (Wildman–Crippen MR) is 76.2 cm³/mol. The van der Waals surface area contributed by atoms with Crippen LogP contribution < -0.4 is 10.5 Å². The smallest absolute Gasteiger partial charge is 0.161 e. The average Bonchev–Trinajstić information content (AvgIpc) is 2.78. The molecule has 1 heterocycles. The van der Waals surface area contributed by atoms with Crippen molar-refractivity contribution in [3.05, 3.63) is 47.3 Å². The standard InChI is InChI=1S/C15H21N3O/c1-11-6-4-5-7-12(11)8-9-13(16)15-14(19-3)10-17-18(15)2/h4-7,10,13H,8-9,16H2,1-3H3. The van der Waals surface area contributed by atoms with Crippen molar-refractivity contribution in [2.24, 2.45) is 12.8 Å². The van der Waals surface area contributed by atoms with E-state index >= 15 is 0 Å². The summed E-state index contributed by atoms with van der Waals surface area (Å²) in [7, 11) is 3.54. The molecule has 0 saturated heterocycles. The van der Waals surface area contributed by atoms with Gasteiger partial charge in [-0.15, -0.1) is 0 Å². The summed E-state index contributed by atoms with van der Waals surface area (Å²) in [6, 6.07) is 8.34. The van der Waals surface area contributed by atoms with E-state index in [0.717, 1.165) is 24.3 Å². The third-order valence-electron chi connectivity index (χ3n) is 3.51. The molecule has 0 fully saturated rings. The molecule has 0 aliphatic rings. The molecule has 0 saturated carbocycles. The molecule has 1 unspecified atom stereocenters. The SMILES string of the molecule is COc1cnn(C)c1C(N)CCc1ccccc1C. The molecule has 0 radical (unpaired) electrons. The van der Waals surface area contributed by atoms with Crippen LogP contribution in [0.4, 0.5) is 0 Å². The van der Waals surface area contributed by atoms with Crippen LogP contribution in [0, 0.1) is 6.92 Å². The number of ether oxygens (including phenoxy) is 1. The third kappa shape index (κ3) is 2.96. The lowest BCUT2D eigenvalue weighted by Gasteiger charge is -2.14. The number of aryl methyl sites for hydroxylation is 3. The van der Waals surface area contributed by atoms with Crippen LogP contribution in [0.5, 0.6) is 5.75 Å². The van der Waals surface area contributed by atoms with Gasteiger partial charge in [-0.05, 0) is 30.9 Å². The van der Waals surface area contributed by atoms with Crippen LogP contribution in [-0.2, 0) is 13.5 Å². The van der Waals surface area contributed by atoms with E-state index in [9.17, 15) is 0 Å². The second kappa shape index (κ2) is 5.89. The van der Waals surface area contributed by atoms with Crippen LogP contribution >= 0.6 is 0 Å². The third-order valence-corrected chi connectivity index (χ3v) is 3.51. The maximum absolute atomic E-state index is 6.27. The molecule has 4 nitrogen and oxygen atoms in total. The summed E-state index contributed by atoms with van der Waals surface area (Å²) in [5.74, 6) is 0.764. The van der Waals surface area contributed by atoms with Gasteiger partial charge in [0.05, 0.1) is 25.0 Å². The highest BCUT2D eigenvalue weighted by Gasteiger charge is 2.17. The normalized spacial score (nSPS) is 12.4. The van der Waals surface area contributed by atoms with Gasteiger partial charge in [0.1, 0.15) is 0 Å². The number of hydrogen-bond acceptors (Lipinski definition) is 3. The molecule has 2 N–H and O–H groups in total. The van der Waals surface area contributed by atoms with E-state index in [1.165, 1.54) is 11.1 Å². The molecule has 0 amide bonds. The van der Waals surface area contributed by atoms with Crippen molar-refractivity contribution in [3.63, 3.8) is 0 Å². The van der Waals surface area contributed by atoms with Crippen molar-refractivity contribution >= 4 is 0 Å². The van der Waals surface area contributed by atoms with E-state index in [2.05, 4.69) is 36.3 Å². The number of nitrogens with zero attached hydrogens (tertiary/aromatic N) is 2. The Kier molecular flexibility index (Phi) is 4.22. The molecule has 1 aromatic carbocycles. The first-order chi connectivity index (χ1) is 9.13. The Hall–Kier alpha value is -1.81. The number of methoxy groups -OCH3 is 1. The van der Waals surface area contributed by atoms with E-state index in [1.54, 1.807) is 18.0 Å². The summed E-state index contributed by atoms with van der Waals surface area (Å²) < 4.78 is 7.09. The number of benzene rings is 1. The Balaban J connectivity index is 2.07. The van der Waals surface area contributed by atoms with Crippen molar-refractivity contribution < 1.29 is 4.74 Å². The topological polar surface area (TPSA) is 53.1 Å². The fourth-order valence-electron chi connectivity index (χ4n) is 2.35. The lowest BCUT2D eigenvalue weighted by atomic mass is 10.00. The zero-order valence-corrected chi connectivity index (χ0v) is 11.8. The summed E-state index contributed by atoms with van der Waals surface area (Å²) in [6.07, 6.45) is 3.55. The number of nitrogens with two attached hydrogens (primary N) is 1. The minimum absolute atomic E-state index is 0.0675. The van der Waals surface area contributed by atoms with Crippen LogP contribution in [0.1, 0.15) is 29.3 Å². The highest BCUT2D eigenvalue weighted by molar-refractivity contribution is 5.29. The second-order valence-corrected chi connectivity index (χ2v) is 4.79. The second-order valence-electron chi connectivity index (χ2n) is 4.79. The minimum Gasteiger partial charge on any atom is -0.493 e. The van der Waals surface area contributed by atoms with E-state index < -0.39 is 0 Å². The van der Waals surface area contributed by atoms with E-state index in [0.29, 0.717) is 0 Å². The molecular formula is C15H21N3O. The van der Waals surface area contributed by atoms with Gasteiger partial charge in [-0.25, -0.2) is 0 Å². The van der Waals surface area contributed by atoms with Crippen molar-refractivity contribution in [1.29, 1.82) is 0 Å². The molecule has 102 valence electrons. The number of aromatic nitrogens is 2. The molecule has 2 rings (SSSR count). The van der Waals surface area contributed by atoms with Gasteiger partial charge in [0.15, 0.2) is 5.75 Å². The average molecular weight is 259 g/mol. The molecule has 1 atom stereocenters. The van der Waals surface area contributed by atoms with Crippen molar-refractivity contribution in [2.45, 2.75) is 25.8 Å². The first kappa shape index (κ1) is 13.6. The number of rotatable bonds is 5. The molecule has 0 bridgehead atoms. The summed E-state index contributed by atoms with van der Waals surface area (Å²) in [4.78, 5) is 0. The highest BCUT2D eigenvalue weighted by Crippen LogP contribution is 2.26. The van der Waals surface area contributed by atoms with Gasteiger partial charge in [-0.2, -0.15) is 5.10 Å². The Morgan fingerprint density at radius 1 is 1.37 bits per heavy atom. The monoisotopic (exact) mass is 259 g/mol. The number of hydrogen-bond donors (Lipinski definition) is 1. The Morgan fingerprint density at radius 2 is 2.11 bits per heavy atom. The van der Waals surface area contributed by atoms with Gasteiger partial charge in [-0.3, -0.25) is 4.68 Å². The first-order valence-corrected chi connectivity index (χ1v) is 6.49. The highest BCUT2D eigenvalue weighted by atomic mass is 16.5. The molecular weight excluding hydrogens is 238 g/mol. The lowest BCUT2D eigenvalue weighted by molar-refractivity contribution is 0.401. The molecule has 0 aliphatic carbocycles. The Morgan fingerprint density at radius 3 is 2.79 bits per heavy atom. The Labute approximate surface area is 114 Å². The quantitative estimate of drug-likeness (QED) is 0.897. The van der Waals surface area contributed by atoms with Gasteiger partial charge in [-0.1, -0.05) is 24.3 Å². The summed E-state index contributed by atoms with van der Waals surface area (Å²) in [5.41, 5.74) is 9.89. The van der Waals surface area contributed by atoms with Crippen molar-refractivity contribution in [2.75, 3.05) is 7.11 Å². The van der Waals surface area contributed by atoms with Crippen LogP contribution in [0.3, 0.4) is 0 Å². The summed E-state index contributed by atoms with van der Waals surface area (Å²) >= 11 is 0. The molecule has 4 heteroatoms. The van der Waals surface area contributed by atoms with Gasteiger partial charge in [0.2, 0.25) is 0 Å². The summed E-state index contributed by atoms with van der Waals surface area (Å²) in [6.45, 7) is 2.13. The maximum Gasteiger partial charge on any atom is 0.161 e. The van der Waals surface area contributed by atoms with Crippen molar-refractivity contribution in [1.82, 2.24) is 9.78 Å². The fraction of sp³-hybridized carbons (Fsp3) is 0.400. The minimum atomic E-state index is -0.0675. The van der Waals surface area contributed by atoms with Crippen molar-refractivity contribution in [3.8, 4) is 5.75 Å². The molecule has 1 aromatic heterocycles. The van der Waals surface area contributed by atoms with Crippen LogP contribution in [0.15, 0.2) is 30.5 Å². The molecule has 2 aromatic rings. The van der Waals surface area contributed by atoms with Crippen LogP contribution in [0.2, 0.25) is 0 Å². The molecule has 19 heavy (non-hydrogen) atoms.